The lowest BCUT2D eigenvalue weighted by Crippen LogP contribution is -2.46. The smallest absolute Gasteiger partial charge is 0.0472 e. The summed E-state index contributed by atoms with van der Waals surface area (Å²) in [7, 11) is 2.25. The molecule has 20 heavy (non-hydrogen) atoms. The fourth-order valence-corrected chi connectivity index (χ4v) is 3.37. The number of nitrogens with zero attached hydrogens (tertiary/aromatic N) is 2. The van der Waals surface area contributed by atoms with Crippen molar-refractivity contribution in [3.63, 3.8) is 0 Å². The van der Waals surface area contributed by atoms with E-state index in [0.29, 0.717) is 18.6 Å². The lowest BCUT2D eigenvalue weighted by molar-refractivity contribution is 0.101. The van der Waals surface area contributed by atoms with Gasteiger partial charge in [-0.15, -0.1) is 0 Å². The van der Waals surface area contributed by atoms with E-state index in [1.807, 2.05) is 0 Å². The highest BCUT2D eigenvalue weighted by atomic mass is 15.2. The van der Waals surface area contributed by atoms with Crippen LogP contribution in [0.4, 0.5) is 0 Å². The predicted molar refractivity (Wildman–Crippen MR) is 85.9 cm³/mol. The van der Waals surface area contributed by atoms with Crippen molar-refractivity contribution in [1.29, 1.82) is 0 Å². The molecule has 0 bridgehead atoms. The third kappa shape index (κ3) is 3.40. The molecule has 1 aromatic carbocycles. The van der Waals surface area contributed by atoms with Crippen molar-refractivity contribution in [2.24, 2.45) is 5.73 Å². The van der Waals surface area contributed by atoms with Crippen molar-refractivity contribution < 1.29 is 0 Å². The summed E-state index contributed by atoms with van der Waals surface area (Å²) in [5.41, 5.74) is 8.82. The van der Waals surface area contributed by atoms with Gasteiger partial charge in [0.1, 0.15) is 0 Å². The van der Waals surface area contributed by atoms with Crippen molar-refractivity contribution in [3.05, 3.63) is 35.4 Å². The molecule has 3 heteroatoms. The Morgan fingerprint density at radius 1 is 1.30 bits per heavy atom. The van der Waals surface area contributed by atoms with Crippen LogP contribution in [-0.2, 0) is 0 Å². The van der Waals surface area contributed by atoms with Crippen LogP contribution < -0.4 is 5.73 Å². The molecule has 1 fully saturated rings. The molecule has 1 saturated heterocycles. The van der Waals surface area contributed by atoms with Crippen LogP contribution in [-0.4, -0.2) is 49.1 Å². The van der Waals surface area contributed by atoms with Gasteiger partial charge in [-0.3, -0.25) is 4.90 Å². The van der Waals surface area contributed by atoms with Crippen molar-refractivity contribution in [2.45, 2.75) is 38.8 Å². The van der Waals surface area contributed by atoms with Crippen LogP contribution in [0, 0.1) is 6.92 Å². The summed E-state index contributed by atoms with van der Waals surface area (Å²) in [4.78, 5) is 5.05. The number of piperidine rings is 1. The number of rotatable bonds is 5. The number of likely N-dealkylation sites (N-methyl/N-ethyl adjacent to an activating group) is 1. The summed E-state index contributed by atoms with van der Waals surface area (Å²) in [5.74, 6) is 0. The Balaban J connectivity index is 2.06. The summed E-state index contributed by atoms with van der Waals surface area (Å²) < 4.78 is 0. The highest BCUT2D eigenvalue weighted by Gasteiger charge is 2.27. The minimum Gasteiger partial charge on any atom is -0.329 e. The predicted octanol–water partition coefficient (Wildman–Crippen LogP) is 2.41. The molecule has 3 nitrogen and oxygen atoms in total. The second-order valence-electron chi connectivity index (χ2n) is 5.94. The fraction of sp³-hybridized carbons (Fsp3) is 0.647. The zero-order valence-corrected chi connectivity index (χ0v) is 13.2. The molecular formula is C17H29N3. The first kappa shape index (κ1) is 15.5. The molecule has 0 aliphatic carbocycles. The first-order valence-electron chi connectivity index (χ1n) is 7.87. The van der Waals surface area contributed by atoms with E-state index in [2.05, 4.69) is 55.0 Å². The molecule has 1 heterocycles. The quantitative estimate of drug-likeness (QED) is 0.895. The maximum absolute atomic E-state index is 6.08. The summed E-state index contributed by atoms with van der Waals surface area (Å²) in [6, 6.07) is 9.64. The molecule has 2 rings (SSSR count). The van der Waals surface area contributed by atoms with Crippen LogP contribution >= 0.6 is 0 Å². The zero-order valence-electron chi connectivity index (χ0n) is 13.2. The number of hydrogen-bond donors (Lipinski definition) is 1. The third-order valence-electron chi connectivity index (χ3n) is 4.84. The molecule has 1 aromatic rings. The summed E-state index contributed by atoms with van der Waals surface area (Å²) in [6.07, 6.45) is 2.51. The van der Waals surface area contributed by atoms with Crippen LogP contribution in [0.2, 0.25) is 0 Å². The van der Waals surface area contributed by atoms with E-state index in [1.165, 1.54) is 43.6 Å². The topological polar surface area (TPSA) is 32.5 Å². The van der Waals surface area contributed by atoms with Crippen LogP contribution in [0.1, 0.15) is 36.9 Å². The van der Waals surface area contributed by atoms with Gasteiger partial charge in [0.2, 0.25) is 0 Å². The van der Waals surface area contributed by atoms with E-state index < -0.39 is 0 Å². The molecule has 112 valence electrons. The van der Waals surface area contributed by atoms with Gasteiger partial charge in [-0.2, -0.15) is 0 Å². The van der Waals surface area contributed by atoms with Gasteiger partial charge in [-0.25, -0.2) is 0 Å². The monoisotopic (exact) mass is 275 g/mol. The van der Waals surface area contributed by atoms with Gasteiger partial charge in [-0.1, -0.05) is 31.2 Å². The minimum absolute atomic E-state index is 0.342. The van der Waals surface area contributed by atoms with Gasteiger partial charge in [-0.05, 0) is 57.6 Å². The van der Waals surface area contributed by atoms with Gasteiger partial charge in [0.15, 0.2) is 0 Å². The summed E-state index contributed by atoms with van der Waals surface area (Å²) in [5, 5.41) is 0. The van der Waals surface area contributed by atoms with Gasteiger partial charge in [0, 0.05) is 18.6 Å². The molecule has 1 aliphatic heterocycles. The fourth-order valence-electron chi connectivity index (χ4n) is 3.37. The molecule has 0 amide bonds. The molecule has 1 atom stereocenters. The lowest BCUT2D eigenvalue weighted by Gasteiger charge is -2.40. The van der Waals surface area contributed by atoms with Crippen molar-refractivity contribution in [3.8, 4) is 0 Å². The van der Waals surface area contributed by atoms with Gasteiger partial charge >= 0.3 is 0 Å². The number of aryl methyl sites for hydroxylation is 1. The van der Waals surface area contributed by atoms with Crippen LogP contribution in [0.25, 0.3) is 0 Å². The van der Waals surface area contributed by atoms with Crippen molar-refractivity contribution >= 4 is 0 Å². The highest BCUT2D eigenvalue weighted by Crippen LogP contribution is 2.27. The maximum Gasteiger partial charge on any atom is 0.0472 e. The third-order valence-corrected chi connectivity index (χ3v) is 4.84. The molecule has 0 saturated carbocycles. The largest absolute Gasteiger partial charge is 0.329 e. The number of nitrogens with two attached hydrogens (primary N) is 1. The summed E-state index contributed by atoms with van der Waals surface area (Å²) >= 11 is 0. The Morgan fingerprint density at radius 2 is 1.95 bits per heavy atom. The number of benzene rings is 1. The highest BCUT2D eigenvalue weighted by molar-refractivity contribution is 5.29. The number of likely N-dealkylation sites (tertiary alicyclic amines) is 1. The average molecular weight is 275 g/mol. The molecule has 0 spiro atoms. The Kier molecular flexibility index (Phi) is 5.58. The van der Waals surface area contributed by atoms with Gasteiger partial charge in [0.05, 0.1) is 0 Å². The van der Waals surface area contributed by atoms with Crippen LogP contribution in [0.5, 0.6) is 0 Å². The van der Waals surface area contributed by atoms with Crippen LogP contribution in [0.15, 0.2) is 24.3 Å². The van der Waals surface area contributed by atoms with E-state index in [0.717, 1.165) is 0 Å². The zero-order chi connectivity index (χ0) is 14.5. The maximum atomic E-state index is 6.08. The first-order valence-corrected chi connectivity index (χ1v) is 7.87. The average Bonchev–Trinajstić information content (AvgIpc) is 2.50. The van der Waals surface area contributed by atoms with Gasteiger partial charge < -0.3 is 10.6 Å². The standard InChI is InChI=1S/C17H29N3/c1-4-20-11-9-15(10-12-20)19(3)17(13-18)16-8-6-5-7-14(16)2/h5-8,15,17H,4,9-13,18H2,1-3H3. The molecule has 2 N–H and O–H groups in total. The molecule has 0 radical (unpaired) electrons. The van der Waals surface area contributed by atoms with Crippen LogP contribution in [0.3, 0.4) is 0 Å². The summed E-state index contributed by atoms with van der Waals surface area (Å²) in [6.45, 7) is 8.74. The number of hydrogen-bond acceptors (Lipinski definition) is 3. The Morgan fingerprint density at radius 3 is 2.50 bits per heavy atom. The van der Waals surface area contributed by atoms with Crippen molar-refractivity contribution in [2.75, 3.05) is 33.2 Å². The van der Waals surface area contributed by atoms with E-state index in [9.17, 15) is 0 Å². The van der Waals surface area contributed by atoms with E-state index in [1.54, 1.807) is 0 Å². The van der Waals surface area contributed by atoms with E-state index in [-0.39, 0.29) is 0 Å². The molecule has 1 unspecified atom stereocenters. The van der Waals surface area contributed by atoms with Gasteiger partial charge in [0.25, 0.3) is 0 Å². The molecule has 0 aromatic heterocycles. The second kappa shape index (κ2) is 7.21. The Hall–Kier alpha value is -0.900. The first-order chi connectivity index (χ1) is 9.67. The normalized spacial score (nSPS) is 19.4. The lowest BCUT2D eigenvalue weighted by atomic mass is 9.96. The minimum atomic E-state index is 0.342. The Bertz CT molecular complexity index is 410. The molecular weight excluding hydrogens is 246 g/mol. The molecule has 1 aliphatic rings. The van der Waals surface area contributed by atoms with E-state index >= 15 is 0 Å². The SMILES string of the molecule is CCN1CCC(N(C)C(CN)c2ccccc2C)CC1. The van der Waals surface area contributed by atoms with Crippen molar-refractivity contribution in [1.82, 2.24) is 9.80 Å². The second-order valence-corrected chi connectivity index (χ2v) is 5.94. The Labute approximate surface area is 123 Å². The van der Waals surface area contributed by atoms with E-state index in [4.69, 9.17) is 5.73 Å².